The summed E-state index contributed by atoms with van der Waals surface area (Å²) < 4.78 is 98.4. The van der Waals surface area contributed by atoms with Crippen LogP contribution < -0.4 is 0 Å². The van der Waals surface area contributed by atoms with Crippen LogP contribution in [0, 0.1) is 10.8 Å². The summed E-state index contributed by atoms with van der Waals surface area (Å²) in [4.78, 5) is 0.382. The molecule has 77 heavy (non-hydrogen) atoms. The van der Waals surface area contributed by atoms with Gasteiger partial charge in [-0.2, -0.15) is 0 Å². The fourth-order valence-electron chi connectivity index (χ4n) is 8.92. The van der Waals surface area contributed by atoms with Gasteiger partial charge in [-0.1, -0.05) is 177 Å². The molecule has 2 atom stereocenters. The largest absolute Gasteiger partial charge is 0.544 e. The standard InChI is InChI=1S/C64H94O8S3Si2/c1-47(31-33-57-51(5)59(35-39-63(57,13)14)71-76(17,18)61(7,8)9)43-55(74(67,68)53-27-23-21-24-28-53)45-49(3)37-41-73(65,66)42-38-50(4)46-56(75(69,70)54-29-25-22-26-30-54)44-48(2)32-34-58-52(6)60(36-40-64(58,15)16)72-77(19,20)62(10,11)12/h21-38,43-44,55-56H,39-42,45-46H2,1-20H3/b33-31+,34-32+,47-43+,48-44+,49-37+,50-38+. The Balaban J connectivity index is 1.61. The normalized spacial score (nSPS) is 18.9. The fourth-order valence-corrected chi connectivity index (χ4v) is 15.8. The molecule has 2 aromatic carbocycles. The van der Waals surface area contributed by atoms with Gasteiger partial charge in [0.15, 0.2) is 29.5 Å². The van der Waals surface area contributed by atoms with E-state index in [2.05, 4.69) is 134 Å². The molecule has 0 radical (unpaired) electrons. The SMILES string of the molecule is CC1=C(/C=C/C(C)=C/C(C/C(C)=C/CS(=O)(=O)C/C=C(\C)CC(/C=C(C)/C=C/C2=C(C)C(O[Si](C)(C)C(C)(C)C)=CCC2(C)C)S(=O)(=O)c2ccccc2)S(=O)(=O)c2ccccc2)C(C)(C)CC=C1O[Si](C)(C)C(C)(C)C. The minimum Gasteiger partial charge on any atom is -0.544 e. The highest BCUT2D eigenvalue weighted by molar-refractivity contribution is 7.92. The lowest BCUT2D eigenvalue weighted by atomic mass is 9.75. The third-order valence-electron chi connectivity index (χ3n) is 16.2. The molecular formula is C64H94O8S3Si2. The van der Waals surface area contributed by atoms with Crippen molar-refractivity contribution >= 4 is 46.1 Å². The molecule has 8 nitrogen and oxygen atoms in total. The van der Waals surface area contributed by atoms with E-state index in [0.29, 0.717) is 11.1 Å². The lowest BCUT2D eigenvalue weighted by Crippen LogP contribution is -2.41. The van der Waals surface area contributed by atoms with Gasteiger partial charge in [0.1, 0.15) is 11.5 Å². The van der Waals surface area contributed by atoms with E-state index in [9.17, 15) is 25.3 Å². The Hall–Kier alpha value is -4.28. The van der Waals surface area contributed by atoms with E-state index < -0.39 is 56.6 Å². The van der Waals surface area contributed by atoms with Gasteiger partial charge in [0, 0.05) is 0 Å². The molecule has 0 amide bonds. The number of benzene rings is 2. The second-order valence-corrected chi connectivity index (χ2v) is 41.9. The highest BCUT2D eigenvalue weighted by Gasteiger charge is 2.42. The van der Waals surface area contributed by atoms with Crippen LogP contribution in [0.1, 0.15) is 136 Å². The maximum absolute atomic E-state index is 14.3. The van der Waals surface area contributed by atoms with Gasteiger partial charge in [0.25, 0.3) is 0 Å². The van der Waals surface area contributed by atoms with Crippen LogP contribution in [0.5, 0.6) is 0 Å². The molecule has 2 aliphatic rings. The lowest BCUT2D eigenvalue weighted by Gasteiger charge is -2.40. The summed E-state index contributed by atoms with van der Waals surface area (Å²) in [5, 5.41) is -1.87. The van der Waals surface area contributed by atoms with Crippen molar-refractivity contribution in [1.82, 2.24) is 0 Å². The number of hydrogen-bond donors (Lipinski definition) is 0. The molecule has 424 valence electrons. The molecule has 0 spiro atoms. The maximum atomic E-state index is 14.3. The second-order valence-electron chi connectivity index (χ2n) is 26.0. The van der Waals surface area contributed by atoms with Crippen molar-refractivity contribution < 1.29 is 34.1 Å². The van der Waals surface area contributed by atoms with Crippen molar-refractivity contribution in [3.05, 3.63) is 178 Å². The van der Waals surface area contributed by atoms with Crippen LogP contribution in [0.4, 0.5) is 0 Å². The first-order valence-electron chi connectivity index (χ1n) is 27.2. The summed E-state index contributed by atoms with van der Waals surface area (Å²) in [6, 6.07) is 16.7. The Kier molecular flexibility index (Phi) is 21.2. The predicted octanol–water partition coefficient (Wildman–Crippen LogP) is 17.1. The van der Waals surface area contributed by atoms with Crippen molar-refractivity contribution in [2.24, 2.45) is 10.8 Å². The maximum Gasteiger partial charge on any atom is 0.250 e. The van der Waals surface area contributed by atoms with E-state index in [4.69, 9.17) is 8.85 Å². The Morgan fingerprint density at radius 1 is 0.558 bits per heavy atom. The van der Waals surface area contributed by atoms with Gasteiger partial charge < -0.3 is 8.85 Å². The third kappa shape index (κ3) is 17.4. The van der Waals surface area contributed by atoms with Crippen LogP contribution in [-0.4, -0.2) is 63.9 Å². The minimum atomic E-state index is -3.88. The molecule has 2 aromatic rings. The lowest BCUT2D eigenvalue weighted by molar-refractivity contribution is 0.365. The van der Waals surface area contributed by atoms with Gasteiger partial charge >= 0.3 is 0 Å². The van der Waals surface area contributed by atoms with E-state index in [-0.39, 0.29) is 55.0 Å². The van der Waals surface area contributed by atoms with Gasteiger partial charge in [-0.05, 0) is 173 Å². The van der Waals surface area contributed by atoms with Crippen LogP contribution in [0.25, 0.3) is 0 Å². The molecule has 0 saturated heterocycles. The fraction of sp³-hybridized carbons (Fsp3) is 0.500. The van der Waals surface area contributed by atoms with Gasteiger partial charge in [0.05, 0.1) is 31.8 Å². The molecule has 0 bridgehead atoms. The minimum absolute atomic E-state index is 0.0367. The number of hydrogen-bond acceptors (Lipinski definition) is 8. The topological polar surface area (TPSA) is 121 Å². The molecule has 13 heteroatoms. The van der Waals surface area contributed by atoms with Crippen molar-refractivity contribution in [1.29, 1.82) is 0 Å². The molecule has 0 aliphatic heterocycles. The Morgan fingerprint density at radius 3 is 1.17 bits per heavy atom. The molecule has 0 heterocycles. The summed E-state index contributed by atoms with van der Waals surface area (Å²) in [5.41, 5.74) is 6.86. The highest BCUT2D eigenvalue weighted by Crippen LogP contribution is 2.46. The van der Waals surface area contributed by atoms with Crippen LogP contribution in [-0.2, 0) is 38.4 Å². The molecule has 2 unspecified atom stereocenters. The van der Waals surface area contributed by atoms with Crippen molar-refractivity contribution in [3.8, 4) is 0 Å². The van der Waals surface area contributed by atoms with Crippen molar-refractivity contribution in [2.45, 2.75) is 193 Å². The molecule has 0 saturated carbocycles. The van der Waals surface area contributed by atoms with Gasteiger partial charge in [0.2, 0.25) is 16.6 Å². The first kappa shape index (κ1) is 65.2. The Labute approximate surface area is 470 Å². The molecule has 2 aliphatic carbocycles. The summed E-state index contributed by atoms with van der Waals surface area (Å²) in [6.07, 6.45) is 21.1. The number of allylic oxidation sites excluding steroid dienone is 14. The number of sulfone groups is 3. The van der Waals surface area contributed by atoms with Gasteiger partial charge in [-0.3, -0.25) is 0 Å². The van der Waals surface area contributed by atoms with Gasteiger partial charge in [-0.15, -0.1) is 0 Å². The molecule has 0 N–H and O–H groups in total. The van der Waals surface area contributed by atoms with E-state index >= 15 is 0 Å². The van der Waals surface area contributed by atoms with Crippen LogP contribution in [0.2, 0.25) is 36.3 Å². The summed E-state index contributed by atoms with van der Waals surface area (Å²) in [5.74, 6) is 1.22. The molecule has 4 rings (SSSR count). The number of rotatable bonds is 22. The zero-order valence-electron chi connectivity index (χ0n) is 50.4. The van der Waals surface area contributed by atoms with E-state index in [1.54, 1.807) is 98.8 Å². The average molecular weight is 1140 g/mol. The van der Waals surface area contributed by atoms with E-state index in [1.807, 2.05) is 26.0 Å². The Bertz CT molecular complexity index is 2920. The third-order valence-corrected chi connectivity index (χ3v) is 30.3. The van der Waals surface area contributed by atoms with E-state index in [0.717, 1.165) is 57.8 Å². The zero-order chi connectivity index (χ0) is 58.4. The molecule has 0 aromatic heterocycles. The summed E-state index contributed by atoms with van der Waals surface area (Å²) >= 11 is 0. The molecular weight excluding hydrogens is 1050 g/mol. The summed E-state index contributed by atoms with van der Waals surface area (Å²) in [7, 11) is -15.7. The Morgan fingerprint density at radius 2 is 0.870 bits per heavy atom. The smallest absolute Gasteiger partial charge is 0.250 e. The zero-order valence-corrected chi connectivity index (χ0v) is 54.9. The predicted molar refractivity (Wildman–Crippen MR) is 331 cm³/mol. The van der Waals surface area contributed by atoms with E-state index in [1.165, 1.54) is 0 Å². The summed E-state index contributed by atoms with van der Waals surface area (Å²) in [6.45, 7) is 42.7. The van der Waals surface area contributed by atoms with Crippen LogP contribution >= 0.6 is 0 Å². The highest BCUT2D eigenvalue weighted by atomic mass is 32.2. The van der Waals surface area contributed by atoms with Crippen molar-refractivity contribution in [3.63, 3.8) is 0 Å². The monoisotopic (exact) mass is 1140 g/mol. The first-order valence-corrected chi connectivity index (χ1v) is 37.9. The van der Waals surface area contributed by atoms with Crippen LogP contribution in [0.3, 0.4) is 0 Å². The first-order chi connectivity index (χ1) is 35.1. The van der Waals surface area contributed by atoms with Crippen molar-refractivity contribution in [2.75, 3.05) is 11.5 Å². The molecule has 0 fully saturated rings. The quantitative estimate of drug-likeness (QED) is 0.0649. The second kappa shape index (κ2) is 25.0. The van der Waals surface area contributed by atoms with Gasteiger partial charge in [-0.25, -0.2) is 25.3 Å². The van der Waals surface area contributed by atoms with Crippen LogP contribution in [0.15, 0.2) is 187 Å². The average Bonchev–Trinajstić information content (AvgIpc) is 3.31.